The maximum atomic E-state index is 13.3. The Kier molecular flexibility index (Phi) is 9.55. The van der Waals surface area contributed by atoms with E-state index >= 15 is 0 Å². The van der Waals surface area contributed by atoms with Gasteiger partial charge in [-0.1, -0.05) is 39.8 Å². The number of hydrogen-bond donors (Lipinski definition) is 3. The number of benzene rings is 2. The van der Waals surface area contributed by atoms with E-state index in [1.54, 1.807) is 10.6 Å². The number of rotatable bonds is 11. The van der Waals surface area contributed by atoms with Crippen molar-refractivity contribution in [3.8, 4) is 28.6 Å². The highest BCUT2D eigenvalue weighted by Crippen LogP contribution is 2.38. The summed E-state index contributed by atoms with van der Waals surface area (Å²) in [5.74, 6) is -0.00647. The number of nitrogens with one attached hydrogen (secondary N) is 1. The second-order valence-electron chi connectivity index (χ2n) is 10.1. The zero-order valence-electron chi connectivity index (χ0n) is 23.4. The second-order valence-corrected chi connectivity index (χ2v) is 10.1. The molecule has 2 aromatic carbocycles. The van der Waals surface area contributed by atoms with Crippen molar-refractivity contribution in [2.45, 2.75) is 40.2 Å². The number of ether oxygens (including phenoxy) is 1. The SMILES string of the molecule is CCN(CC)Cc1ccc(-n2c(C(=O)NCCN3CCOCC3)nnc2-c2cc(C(C)C)c(O)cc2O)cc1. The maximum Gasteiger partial charge on any atom is 0.289 e. The van der Waals surface area contributed by atoms with Crippen LogP contribution in [0.15, 0.2) is 36.4 Å². The van der Waals surface area contributed by atoms with Crippen LogP contribution in [0.3, 0.4) is 0 Å². The van der Waals surface area contributed by atoms with Gasteiger partial charge in [0.2, 0.25) is 5.82 Å². The Bertz CT molecular complexity index is 1250. The Balaban J connectivity index is 1.68. The molecule has 0 atom stereocenters. The summed E-state index contributed by atoms with van der Waals surface area (Å²) in [5, 5.41) is 32.7. The molecule has 1 aliphatic heterocycles. The zero-order chi connectivity index (χ0) is 27.9. The molecule has 1 aliphatic rings. The molecule has 10 heteroatoms. The molecule has 3 aromatic rings. The number of carbonyl (C=O) groups is 1. The van der Waals surface area contributed by atoms with Gasteiger partial charge in [0.15, 0.2) is 5.82 Å². The number of aromatic hydroxyl groups is 2. The van der Waals surface area contributed by atoms with Gasteiger partial charge >= 0.3 is 0 Å². The van der Waals surface area contributed by atoms with Crippen molar-refractivity contribution in [3.05, 3.63) is 53.3 Å². The van der Waals surface area contributed by atoms with E-state index in [0.29, 0.717) is 48.9 Å². The molecule has 0 aliphatic carbocycles. The Morgan fingerprint density at radius 1 is 1.05 bits per heavy atom. The van der Waals surface area contributed by atoms with Crippen LogP contribution in [-0.4, -0.2) is 93.2 Å². The van der Waals surface area contributed by atoms with Gasteiger partial charge in [-0.2, -0.15) is 0 Å². The fraction of sp³-hybridized carbons (Fsp3) is 0.483. The van der Waals surface area contributed by atoms with Gasteiger partial charge < -0.3 is 20.3 Å². The first-order valence-electron chi connectivity index (χ1n) is 13.7. The summed E-state index contributed by atoms with van der Waals surface area (Å²) >= 11 is 0. The minimum absolute atomic E-state index is 0.0131. The van der Waals surface area contributed by atoms with Crippen molar-refractivity contribution >= 4 is 5.91 Å². The molecule has 0 spiro atoms. The van der Waals surface area contributed by atoms with E-state index in [1.807, 2.05) is 38.1 Å². The summed E-state index contributed by atoms with van der Waals surface area (Å²) in [5.41, 5.74) is 2.92. The van der Waals surface area contributed by atoms with Crippen LogP contribution in [0.25, 0.3) is 17.1 Å². The smallest absolute Gasteiger partial charge is 0.289 e. The third kappa shape index (κ3) is 6.76. The van der Waals surface area contributed by atoms with Crippen molar-refractivity contribution in [3.63, 3.8) is 0 Å². The summed E-state index contributed by atoms with van der Waals surface area (Å²) in [4.78, 5) is 17.9. The van der Waals surface area contributed by atoms with Crippen molar-refractivity contribution in [2.75, 3.05) is 52.5 Å². The molecule has 10 nitrogen and oxygen atoms in total. The number of aromatic nitrogens is 3. The lowest BCUT2D eigenvalue weighted by molar-refractivity contribution is 0.0383. The molecule has 0 saturated carbocycles. The van der Waals surface area contributed by atoms with Crippen LogP contribution in [0, 0.1) is 0 Å². The number of hydrogen-bond acceptors (Lipinski definition) is 8. The number of phenolic OH excluding ortho intramolecular Hbond substituents is 2. The third-order valence-corrected chi connectivity index (χ3v) is 7.19. The number of phenols is 2. The van der Waals surface area contributed by atoms with Crippen LogP contribution in [0.1, 0.15) is 55.4 Å². The van der Waals surface area contributed by atoms with Gasteiger partial charge in [0.25, 0.3) is 5.91 Å². The maximum absolute atomic E-state index is 13.3. The summed E-state index contributed by atoms with van der Waals surface area (Å²) in [6.45, 7) is 15.2. The first-order chi connectivity index (χ1) is 18.8. The largest absolute Gasteiger partial charge is 0.508 e. The van der Waals surface area contributed by atoms with Gasteiger partial charge in [0.1, 0.15) is 11.5 Å². The van der Waals surface area contributed by atoms with E-state index in [-0.39, 0.29) is 29.1 Å². The van der Waals surface area contributed by atoms with Crippen LogP contribution >= 0.6 is 0 Å². The summed E-state index contributed by atoms with van der Waals surface area (Å²) < 4.78 is 7.07. The highest BCUT2D eigenvalue weighted by Gasteiger charge is 2.24. The molecule has 2 heterocycles. The molecule has 39 heavy (non-hydrogen) atoms. The molecule has 0 unspecified atom stereocenters. The monoisotopic (exact) mass is 536 g/mol. The molecule has 1 fully saturated rings. The molecular formula is C29H40N6O4. The minimum atomic E-state index is -0.350. The standard InChI is InChI=1S/C29H40N6O4/c1-5-33(6-2)19-21-7-9-22(10-8-21)35-27(24-17-23(20(3)4)25(36)18-26(24)37)31-32-28(35)29(38)30-11-12-34-13-15-39-16-14-34/h7-10,17-18,20,36-37H,5-6,11-16,19H2,1-4H3,(H,30,38). The molecule has 3 N–H and O–H groups in total. The fourth-order valence-electron chi connectivity index (χ4n) is 4.77. The minimum Gasteiger partial charge on any atom is -0.508 e. The first-order valence-corrected chi connectivity index (χ1v) is 13.7. The van der Waals surface area contributed by atoms with E-state index in [9.17, 15) is 15.0 Å². The molecular weight excluding hydrogens is 496 g/mol. The van der Waals surface area contributed by atoms with Crippen LogP contribution in [-0.2, 0) is 11.3 Å². The van der Waals surface area contributed by atoms with Gasteiger partial charge in [-0.25, -0.2) is 0 Å². The fourth-order valence-corrected chi connectivity index (χ4v) is 4.77. The van der Waals surface area contributed by atoms with Gasteiger partial charge in [0, 0.05) is 44.5 Å². The summed E-state index contributed by atoms with van der Waals surface area (Å²) in [6, 6.07) is 11.0. The van der Waals surface area contributed by atoms with Crippen molar-refractivity contribution in [1.29, 1.82) is 0 Å². The lowest BCUT2D eigenvalue weighted by Crippen LogP contribution is -2.41. The molecule has 1 saturated heterocycles. The lowest BCUT2D eigenvalue weighted by atomic mass is 9.98. The Labute approximate surface area is 230 Å². The average molecular weight is 537 g/mol. The molecule has 210 valence electrons. The number of amides is 1. The van der Waals surface area contributed by atoms with Crippen LogP contribution in [0.5, 0.6) is 11.5 Å². The highest BCUT2D eigenvalue weighted by molar-refractivity contribution is 5.92. The van der Waals surface area contributed by atoms with E-state index in [0.717, 1.165) is 38.3 Å². The second kappa shape index (κ2) is 13.1. The van der Waals surface area contributed by atoms with Crippen molar-refractivity contribution in [1.82, 2.24) is 29.9 Å². The van der Waals surface area contributed by atoms with Crippen molar-refractivity contribution in [2.24, 2.45) is 0 Å². The Morgan fingerprint density at radius 3 is 2.38 bits per heavy atom. The van der Waals surface area contributed by atoms with Crippen LogP contribution in [0.2, 0.25) is 0 Å². The predicted octanol–water partition coefficient (Wildman–Crippen LogP) is 3.37. The van der Waals surface area contributed by atoms with E-state index in [2.05, 4.69) is 39.2 Å². The molecule has 1 aromatic heterocycles. The quantitative estimate of drug-likeness (QED) is 0.342. The summed E-state index contributed by atoms with van der Waals surface area (Å²) in [6.07, 6.45) is 0. The zero-order valence-corrected chi connectivity index (χ0v) is 23.4. The summed E-state index contributed by atoms with van der Waals surface area (Å²) in [7, 11) is 0. The number of morpholine rings is 1. The molecule has 4 rings (SSSR count). The normalized spacial score (nSPS) is 14.3. The predicted molar refractivity (Wildman–Crippen MR) is 150 cm³/mol. The van der Waals surface area contributed by atoms with Crippen molar-refractivity contribution < 1.29 is 19.7 Å². The number of nitrogens with zero attached hydrogens (tertiary/aromatic N) is 5. The van der Waals surface area contributed by atoms with E-state index in [1.165, 1.54) is 6.07 Å². The van der Waals surface area contributed by atoms with Gasteiger partial charge in [0.05, 0.1) is 18.8 Å². The molecule has 0 bridgehead atoms. The van der Waals surface area contributed by atoms with E-state index < -0.39 is 0 Å². The number of carbonyl (C=O) groups excluding carboxylic acids is 1. The average Bonchev–Trinajstić information content (AvgIpc) is 3.37. The molecule has 0 radical (unpaired) electrons. The lowest BCUT2D eigenvalue weighted by Gasteiger charge is -2.26. The van der Waals surface area contributed by atoms with Gasteiger partial charge in [-0.3, -0.25) is 19.2 Å². The van der Waals surface area contributed by atoms with Gasteiger partial charge in [-0.05, 0) is 48.3 Å². The van der Waals surface area contributed by atoms with Gasteiger partial charge in [-0.15, -0.1) is 10.2 Å². The topological polar surface area (TPSA) is 116 Å². The van der Waals surface area contributed by atoms with Crippen LogP contribution < -0.4 is 5.32 Å². The van der Waals surface area contributed by atoms with Crippen LogP contribution in [0.4, 0.5) is 0 Å². The highest BCUT2D eigenvalue weighted by atomic mass is 16.5. The Morgan fingerprint density at radius 2 is 1.74 bits per heavy atom. The third-order valence-electron chi connectivity index (χ3n) is 7.19. The van der Waals surface area contributed by atoms with E-state index in [4.69, 9.17) is 4.74 Å². The molecule has 1 amide bonds. The Hall–Kier alpha value is -3.47. The first kappa shape index (κ1) is 28.5.